The minimum Gasteiger partial charge on any atom is -0.497 e. The molecule has 0 aliphatic heterocycles. The van der Waals surface area contributed by atoms with Gasteiger partial charge < -0.3 is 14.4 Å². The van der Waals surface area contributed by atoms with E-state index >= 15 is 0 Å². The van der Waals surface area contributed by atoms with Gasteiger partial charge in [-0.05, 0) is 18.2 Å². The van der Waals surface area contributed by atoms with Crippen LogP contribution in [0.25, 0.3) is 6.08 Å². The summed E-state index contributed by atoms with van der Waals surface area (Å²) in [5, 5.41) is 8.49. The number of rotatable bonds is 6. The number of likely N-dealkylation sites (N-methyl/N-ethyl adjacent to an activating group) is 1. The molecular formula is C15H18N2O3. The topological polar surface area (TPSA) is 62.6 Å². The molecule has 0 aliphatic carbocycles. The van der Waals surface area contributed by atoms with Crippen molar-refractivity contribution in [1.29, 1.82) is 5.26 Å². The Morgan fingerprint density at radius 2 is 2.15 bits per heavy atom. The van der Waals surface area contributed by atoms with Crippen LogP contribution in [0, 0.1) is 11.3 Å². The lowest BCUT2D eigenvalue weighted by molar-refractivity contribution is -0.124. The molecule has 0 bridgehead atoms. The Hall–Kier alpha value is -2.48. The Kier molecular flexibility index (Phi) is 6.11. The van der Waals surface area contributed by atoms with Gasteiger partial charge in [-0.3, -0.25) is 4.79 Å². The number of amides is 1. The highest BCUT2D eigenvalue weighted by atomic mass is 16.5. The third-order valence-electron chi connectivity index (χ3n) is 2.78. The third kappa shape index (κ3) is 4.32. The van der Waals surface area contributed by atoms with Crippen LogP contribution in [-0.2, 0) is 4.79 Å². The zero-order valence-corrected chi connectivity index (χ0v) is 11.9. The van der Waals surface area contributed by atoms with E-state index in [-0.39, 0.29) is 5.91 Å². The van der Waals surface area contributed by atoms with Crippen molar-refractivity contribution in [2.45, 2.75) is 6.42 Å². The Morgan fingerprint density at radius 1 is 1.40 bits per heavy atom. The van der Waals surface area contributed by atoms with Crippen molar-refractivity contribution in [1.82, 2.24) is 4.90 Å². The van der Waals surface area contributed by atoms with Crippen LogP contribution in [0.4, 0.5) is 0 Å². The van der Waals surface area contributed by atoms with Gasteiger partial charge in [-0.2, -0.15) is 5.26 Å². The first-order valence-electron chi connectivity index (χ1n) is 6.14. The quantitative estimate of drug-likeness (QED) is 0.745. The number of ether oxygens (including phenoxy) is 2. The van der Waals surface area contributed by atoms with Crippen LogP contribution in [0.3, 0.4) is 0 Å². The van der Waals surface area contributed by atoms with Crippen LogP contribution in [-0.4, -0.2) is 38.6 Å². The van der Waals surface area contributed by atoms with E-state index in [1.54, 1.807) is 39.5 Å². The maximum absolute atomic E-state index is 11.8. The fourth-order valence-electron chi connectivity index (χ4n) is 1.57. The molecule has 20 heavy (non-hydrogen) atoms. The summed E-state index contributed by atoms with van der Waals surface area (Å²) in [6.45, 7) is 0.416. The van der Waals surface area contributed by atoms with Gasteiger partial charge in [-0.15, -0.1) is 0 Å². The molecule has 5 nitrogen and oxygen atoms in total. The molecule has 0 spiro atoms. The fraction of sp³-hybridized carbons (Fsp3) is 0.333. The highest BCUT2D eigenvalue weighted by molar-refractivity contribution is 5.92. The number of nitrogens with zero attached hydrogens (tertiary/aromatic N) is 2. The van der Waals surface area contributed by atoms with Crippen molar-refractivity contribution in [2.24, 2.45) is 0 Å². The van der Waals surface area contributed by atoms with Gasteiger partial charge in [0.05, 0.1) is 26.7 Å². The first kappa shape index (κ1) is 15.6. The van der Waals surface area contributed by atoms with E-state index in [9.17, 15) is 4.79 Å². The summed E-state index contributed by atoms with van der Waals surface area (Å²) >= 11 is 0. The summed E-state index contributed by atoms with van der Waals surface area (Å²) in [7, 11) is 4.81. The van der Waals surface area contributed by atoms with Crippen molar-refractivity contribution in [3.8, 4) is 17.6 Å². The van der Waals surface area contributed by atoms with E-state index in [0.29, 0.717) is 24.5 Å². The number of hydrogen-bond donors (Lipinski definition) is 0. The van der Waals surface area contributed by atoms with Gasteiger partial charge in [0.25, 0.3) is 0 Å². The number of benzene rings is 1. The van der Waals surface area contributed by atoms with Crippen LogP contribution in [0.1, 0.15) is 12.0 Å². The molecule has 0 aliphatic rings. The first-order chi connectivity index (χ1) is 9.62. The second-order valence-electron chi connectivity index (χ2n) is 4.11. The van der Waals surface area contributed by atoms with E-state index in [0.717, 1.165) is 5.56 Å². The minimum absolute atomic E-state index is 0.155. The molecule has 0 fully saturated rings. The Morgan fingerprint density at radius 3 is 2.75 bits per heavy atom. The van der Waals surface area contributed by atoms with Gasteiger partial charge in [-0.25, -0.2) is 0 Å². The summed E-state index contributed by atoms with van der Waals surface area (Å²) < 4.78 is 10.4. The Bertz CT molecular complexity index is 532. The van der Waals surface area contributed by atoms with Crippen molar-refractivity contribution >= 4 is 12.0 Å². The summed E-state index contributed by atoms with van der Waals surface area (Å²) in [5.74, 6) is 1.17. The summed E-state index contributed by atoms with van der Waals surface area (Å²) in [6, 6.07) is 7.37. The fourth-order valence-corrected chi connectivity index (χ4v) is 1.57. The molecule has 1 amide bonds. The van der Waals surface area contributed by atoms with Gasteiger partial charge in [0.2, 0.25) is 5.91 Å². The first-order valence-corrected chi connectivity index (χ1v) is 6.14. The predicted octanol–water partition coefficient (Wildman–Crippen LogP) is 2.09. The molecule has 0 unspecified atom stereocenters. The van der Waals surface area contributed by atoms with E-state index < -0.39 is 0 Å². The molecule has 5 heteroatoms. The number of carbonyl (C=O) groups is 1. The Balaban J connectivity index is 2.79. The second kappa shape index (κ2) is 7.85. The minimum atomic E-state index is -0.155. The molecule has 1 aromatic carbocycles. The van der Waals surface area contributed by atoms with Gasteiger partial charge >= 0.3 is 0 Å². The van der Waals surface area contributed by atoms with Crippen LogP contribution >= 0.6 is 0 Å². The molecule has 1 aromatic rings. The van der Waals surface area contributed by atoms with Crippen LogP contribution in [0.15, 0.2) is 24.3 Å². The average molecular weight is 274 g/mol. The van der Waals surface area contributed by atoms with Crippen LogP contribution < -0.4 is 9.47 Å². The molecule has 0 aromatic heterocycles. The van der Waals surface area contributed by atoms with Crippen molar-refractivity contribution in [2.75, 3.05) is 27.8 Å². The maximum Gasteiger partial charge on any atom is 0.246 e. The molecule has 106 valence electrons. The summed E-state index contributed by atoms with van der Waals surface area (Å²) in [5.41, 5.74) is 0.787. The number of hydrogen-bond acceptors (Lipinski definition) is 4. The molecule has 0 atom stereocenters. The van der Waals surface area contributed by atoms with E-state index in [1.807, 2.05) is 12.1 Å². The molecule has 0 saturated carbocycles. The molecule has 0 saturated heterocycles. The zero-order valence-electron chi connectivity index (χ0n) is 11.9. The van der Waals surface area contributed by atoms with Gasteiger partial charge in [-0.1, -0.05) is 0 Å². The monoisotopic (exact) mass is 274 g/mol. The standard InChI is InChI=1S/C15H18N2O3/c1-17(10-4-9-16)15(18)8-6-12-5-7-13(19-2)11-14(12)20-3/h5-8,11H,4,10H2,1-3H3/b8-6+. The SMILES string of the molecule is COc1ccc(/C=C/C(=O)N(C)CCC#N)c(OC)c1. The van der Waals surface area contributed by atoms with Crippen molar-refractivity contribution in [3.63, 3.8) is 0 Å². The number of nitriles is 1. The lowest BCUT2D eigenvalue weighted by Gasteiger charge is -2.12. The largest absolute Gasteiger partial charge is 0.497 e. The molecular weight excluding hydrogens is 256 g/mol. The summed E-state index contributed by atoms with van der Waals surface area (Å²) in [6.07, 6.45) is 3.47. The van der Waals surface area contributed by atoms with Crippen molar-refractivity contribution < 1.29 is 14.3 Å². The maximum atomic E-state index is 11.8. The Labute approximate surface area is 119 Å². The molecule has 0 heterocycles. The van der Waals surface area contributed by atoms with Gasteiger partial charge in [0.15, 0.2) is 0 Å². The van der Waals surface area contributed by atoms with E-state index in [1.165, 1.54) is 11.0 Å². The van der Waals surface area contributed by atoms with Crippen molar-refractivity contribution in [3.05, 3.63) is 29.8 Å². The van der Waals surface area contributed by atoms with Crippen LogP contribution in [0.5, 0.6) is 11.5 Å². The third-order valence-corrected chi connectivity index (χ3v) is 2.78. The molecule has 0 radical (unpaired) electrons. The number of carbonyl (C=O) groups excluding carboxylic acids is 1. The lowest BCUT2D eigenvalue weighted by atomic mass is 10.1. The van der Waals surface area contributed by atoms with Crippen LogP contribution in [0.2, 0.25) is 0 Å². The average Bonchev–Trinajstić information content (AvgIpc) is 2.49. The lowest BCUT2D eigenvalue weighted by Crippen LogP contribution is -2.25. The highest BCUT2D eigenvalue weighted by Crippen LogP contribution is 2.25. The predicted molar refractivity (Wildman–Crippen MR) is 76.4 cm³/mol. The van der Waals surface area contributed by atoms with E-state index in [4.69, 9.17) is 14.7 Å². The molecule has 0 N–H and O–H groups in total. The second-order valence-corrected chi connectivity index (χ2v) is 4.11. The smallest absolute Gasteiger partial charge is 0.246 e. The zero-order chi connectivity index (χ0) is 15.0. The van der Waals surface area contributed by atoms with Gasteiger partial charge in [0.1, 0.15) is 11.5 Å². The summed E-state index contributed by atoms with van der Waals surface area (Å²) in [4.78, 5) is 13.3. The normalized spacial score (nSPS) is 10.1. The number of methoxy groups -OCH3 is 2. The van der Waals surface area contributed by atoms with E-state index in [2.05, 4.69) is 0 Å². The molecule has 1 rings (SSSR count). The van der Waals surface area contributed by atoms with Gasteiger partial charge in [0, 0.05) is 31.3 Å². The highest BCUT2D eigenvalue weighted by Gasteiger charge is 2.06.